The summed E-state index contributed by atoms with van der Waals surface area (Å²) in [6.07, 6.45) is 0.180. The molecule has 3 aromatic rings. The molecule has 0 aliphatic rings. The number of rotatable bonds is 13. The van der Waals surface area contributed by atoms with Crippen molar-refractivity contribution >= 4 is 84.1 Å². The van der Waals surface area contributed by atoms with Crippen LogP contribution in [0, 0.1) is 7.14 Å². The largest absolute Gasteiger partial charge is 0.490 e. The molecule has 3 rings (SSSR count). The maximum atomic E-state index is 13.5. The second kappa shape index (κ2) is 16.7. The van der Waals surface area contributed by atoms with Crippen molar-refractivity contribution in [3.05, 3.63) is 60.4 Å². The lowest BCUT2D eigenvalue weighted by atomic mass is 9.98. The van der Waals surface area contributed by atoms with E-state index in [0.717, 1.165) is 26.8 Å². The third-order valence-corrected chi connectivity index (χ3v) is 7.73. The summed E-state index contributed by atoms with van der Waals surface area (Å²) in [7, 11) is -4.67. The van der Waals surface area contributed by atoms with Crippen molar-refractivity contribution in [3.8, 4) is 5.75 Å². The van der Waals surface area contributed by atoms with Crippen LogP contribution in [0.1, 0.15) is 60.6 Å². The van der Waals surface area contributed by atoms with Gasteiger partial charge in [0, 0.05) is 17.5 Å². The standard InChI is InChI=1S/C28H31I2NO6.H2O4S/c1-5-17(4)36-24(32)16-23-25(19-10-8-9-11-22(19)37-23)27(34)26(33)18-14-20(29)28(21(30)15-18)35-13-12-31(6-2)7-3;1-5(2,3)4/h8-11,14-15,17H,5-7,12-13,16H2,1-4H3;(H2,1,2,3,4)/t17-;/m0./s1. The molecule has 0 aliphatic heterocycles. The quantitative estimate of drug-likeness (QED) is 0.0720. The molecule has 0 saturated carbocycles. The lowest BCUT2D eigenvalue weighted by Gasteiger charge is -2.19. The van der Waals surface area contributed by atoms with Crippen molar-refractivity contribution in [2.45, 2.75) is 46.6 Å². The molecule has 42 heavy (non-hydrogen) atoms. The van der Waals surface area contributed by atoms with Gasteiger partial charge in [-0.3, -0.25) is 23.5 Å². The number of likely N-dealkylation sites (N-methyl/N-ethyl adjacent to an activating group) is 1. The van der Waals surface area contributed by atoms with E-state index < -0.39 is 27.9 Å². The molecule has 0 unspecified atom stereocenters. The summed E-state index contributed by atoms with van der Waals surface area (Å²) in [4.78, 5) is 41.6. The molecule has 0 bridgehead atoms. The fraction of sp³-hybridized carbons (Fsp3) is 0.393. The van der Waals surface area contributed by atoms with Crippen LogP contribution in [0.4, 0.5) is 0 Å². The number of furan rings is 1. The molecule has 0 amide bonds. The number of carbonyl (C=O) groups excluding carboxylic acids is 3. The smallest absolute Gasteiger partial charge is 0.394 e. The molecule has 11 nitrogen and oxygen atoms in total. The highest BCUT2D eigenvalue weighted by Gasteiger charge is 2.29. The maximum absolute atomic E-state index is 13.5. The van der Waals surface area contributed by atoms with Crippen molar-refractivity contribution in [1.82, 2.24) is 4.90 Å². The lowest BCUT2D eigenvalue weighted by molar-refractivity contribution is -0.147. The number of ketones is 2. The van der Waals surface area contributed by atoms with E-state index in [4.69, 9.17) is 31.4 Å². The molecule has 2 aromatic carbocycles. The van der Waals surface area contributed by atoms with Crippen LogP contribution in [0.2, 0.25) is 0 Å². The Morgan fingerprint density at radius 1 is 1.00 bits per heavy atom. The summed E-state index contributed by atoms with van der Waals surface area (Å²) in [5.74, 6) is -1.08. The first-order valence-corrected chi connectivity index (χ1v) is 16.6. The Labute approximate surface area is 272 Å². The van der Waals surface area contributed by atoms with Gasteiger partial charge in [-0.05, 0) is 89.8 Å². The monoisotopic (exact) mass is 829 g/mol. The second-order valence-electron chi connectivity index (χ2n) is 9.03. The Morgan fingerprint density at radius 2 is 1.57 bits per heavy atom. The number of fused-ring (bicyclic) bond motifs is 1. The number of hydrogen-bond acceptors (Lipinski definition) is 9. The molecular formula is C28H33I2NO10S. The molecule has 1 aromatic heterocycles. The topological polar surface area (TPSA) is 161 Å². The van der Waals surface area contributed by atoms with E-state index >= 15 is 0 Å². The third kappa shape index (κ3) is 10.9. The first kappa shape index (κ1) is 36.1. The Kier molecular flexibility index (Phi) is 14.3. The Bertz CT molecular complexity index is 1490. The fourth-order valence-electron chi connectivity index (χ4n) is 3.84. The van der Waals surface area contributed by atoms with Crippen molar-refractivity contribution in [1.29, 1.82) is 0 Å². The van der Waals surface area contributed by atoms with Crippen LogP contribution >= 0.6 is 45.2 Å². The minimum atomic E-state index is -4.67. The van der Waals surface area contributed by atoms with Gasteiger partial charge in [0.25, 0.3) is 0 Å². The van der Waals surface area contributed by atoms with Gasteiger partial charge in [-0.2, -0.15) is 8.42 Å². The van der Waals surface area contributed by atoms with Gasteiger partial charge in [0.1, 0.15) is 30.1 Å². The predicted molar refractivity (Wildman–Crippen MR) is 174 cm³/mol. The third-order valence-electron chi connectivity index (χ3n) is 6.12. The number of esters is 1. The number of nitrogens with zero attached hydrogens (tertiary/aromatic N) is 1. The second-order valence-corrected chi connectivity index (χ2v) is 12.3. The zero-order valence-electron chi connectivity index (χ0n) is 23.6. The summed E-state index contributed by atoms with van der Waals surface area (Å²) in [6, 6.07) is 10.3. The molecule has 2 N–H and O–H groups in total. The average Bonchev–Trinajstić information content (AvgIpc) is 3.27. The fourth-order valence-corrected chi connectivity index (χ4v) is 5.92. The molecule has 0 radical (unpaired) electrons. The number of para-hydroxylation sites is 1. The molecule has 0 saturated heterocycles. The minimum absolute atomic E-state index is 0.103. The van der Waals surface area contributed by atoms with Crippen molar-refractivity contribution in [2.24, 2.45) is 0 Å². The SMILES string of the molecule is CC[C@H](C)OC(=O)Cc1oc2ccccc2c1C(=O)C(=O)c1cc(I)c(OCCN(CC)CC)c(I)c1.O=S(=O)(O)O. The number of ether oxygens (including phenoxy) is 2. The summed E-state index contributed by atoms with van der Waals surface area (Å²) in [5.41, 5.74) is 0.797. The highest BCUT2D eigenvalue weighted by molar-refractivity contribution is 14.1. The summed E-state index contributed by atoms with van der Waals surface area (Å²) in [6.45, 7) is 11.1. The first-order chi connectivity index (χ1) is 19.7. The molecule has 230 valence electrons. The van der Waals surface area contributed by atoms with Crippen molar-refractivity contribution in [3.63, 3.8) is 0 Å². The first-order valence-electron chi connectivity index (χ1n) is 13.0. The van der Waals surface area contributed by atoms with Crippen molar-refractivity contribution in [2.75, 3.05) is 26.2 Å². The van der Waals surface area contributed by atoms with Crippen LogP contribution in [0.15, 0.2) is 40.8 Å². The summed E-state index contributed by atoms with van der Waals surface area (Å²) >= 11 is 4.24. The molecule has 1 heterocycles. The number of carbonyl (C=O) groups is 3. The van der Waals surface area contributed by atoms with Crippen LogP contribution in [-0.2, 0) is 26.4 Å². The van der Waals surface area contributed by atoms with Crippen LogP contribution in [0.3, 0.4) is 0 Å². The number of benzene rings is 2. The van der Waals surface area contributed by atoms with E-state index in [0.29, 0.717) is 29.7 Å². The molecule has 0 aliphatic carbocycles. The number of hydrogen-bond donors (Lipinski definition) is 2. The molecule has 0 fully saturated rings. The van der Waals surface area contributed by atoms with E-state index in [1.54, 1.807) is 43.3 Å². The van der Waals surface area contributed by atoms with Gasteiger partial charge < -0.3 is 18.8 Å². The normalized spacial score (nSPS) is 12.0. The van der Waals surface area contributed by atoms with E-state index in [1.165, 1.54) is 0 Å². The highest BCUT2D eigenvalue weighted by atomic mass is 127. The van der Waals surface area contributed by atoms with Gasteiger partial charge in [-0.25, -0.2) is 0 Å². The number of halogens is 2. The van der Waals surface area contributed by atoms with Gasteiger partial charge >= 0.3 is 16.4 Å². The van der Waals surface area contributed by atoms with Crippen LogP contribution in [0.25, 0.3) is 11.0 Å². The van der Waals surface area contributed by atoms with Crippen LogP contribution in [-0.4, -0.2) is 72.3 Å². The van der Waals surface area contributed by atoms with Gasteiger partial charge in [0.15, 0.2) is 0 Å². The minimum Gasteiger partial charge on any atom is -0.490 e. The van der Waals surface area contributed by atoms with Crippen molar-refractivity contribution < 1.29 is 45.8 Å². The summed E-state index contributed by atoms with van der Waals surface area (Å²) in [5, 5.41) is 0.493. The average molecular weight is 829 g/mol. The zero-order valence-corrected chi connectivity index (χ0v) is 28.7. The van der Waals surface area contributed by atoms with Gasteiger partial charge in [-0.1, -0.05) is 39.0 Å². The zero-order chi connectivity index (χ0) is 31.6. The van der Waals surface area contributed by atoms with E-state index in [-0.39, 0.29) is 29.4 Å². The number of Topliss-reactive ketones (excluding diaryl/α,β-unsaturated/α-hetero) is 2. The Hall–Kier alpha value is -2.12. The maximum Gasteiger partial charge on any atom is 0.394 e. The van der Waals surface area contributed by atoms with Crippen LogP contribution < -0.4 is 4.74 Å². The Balaban J connectivity index is 0.00000113. The van der Waals surface area contributed by atoms with Gasteiger partial charge in [0.05, 0.1) is 18.8 Å². The van der Waals surface area contributed by atoms with Crippen LogP contribution in [0.5, 0.6) is 5.75 Å². The molecule has 0 spiro atoms. The van der Waals surface area contributed by atoms with E-state index in [1.807, 2.05) is 6.92 Å². The predicted octanol–water partition coefficient (Wildman–Crippen LogP) is 5.66. The molecular weight excluding hydrogens is 796 g/mol. The van der Waals surface area contributed by atoms with Gasteiger partial charge in [-0.15, -0.1) is 0 Å². The van der Waals surface area contributed by atoms with E-state index in [2.05, 4.69) is 63.9 Å². The summed E-state index contributed by atoms with van der Waals surface area (Å²) < 4.78 is 50.3. The highest BCUT2D eigenvalue weighted by Crippen LogP contribution is 2.32. The lowest BCUT2D eigenvalue weighted by Crippen LogP contribution is -2.28. The molecule has 14 heteroatoms. The van der Waals surface area contributed by atoms with Gasteiger partial charge in [0.2, 0.25) is 11.6 Å². The molecule has 1 atom stereocenters. The Morgan fingerprint density at radius 3 is 2.12 bits per heavy atom. The van der Waals surface area contributed by atoms with E-state index in [9.17, 15) is 14.4 Å².